The highest BCUT2D eigenvalue weighted by atomic mass is 19.4. The molecule has 0 saturated carbocycles. The number of benzene rings is 2. The summed E-state index contributed by atoms with van der Waals surface area (Å²) in [5.41, 5.74) is 0.0206. The number of anilines is 2. The van der Waals surface area contributed by atoms with Gasteiger partial charge in [0.05, 0.1) is 49.1 Å². The maximum Gasteiger partial charge on any atom is 0.573 e. The van der Waals surface area contributed by atoms with Crippen molar-refractivity contribution in [3.63, 3.8) is 0 Å². The van der Waals surface area contributed by atoms with Crippen LogP contribution in [0.3, 0.4) is 0 Å². The molecule has 0 unspecified atom stereocenters. The number of methoxy groups -OCH3 is 2. The van der Waals surface area contributed by atoms with Gasteiger partial charge in [0.2, 0.25) is 11.8 Å². The van der Waals surface area contributed by atoms with Gasteiger partial charge in [-0.1, -0.05) is 58.9 Å². The van der Waals surface area contributed by atoms with Gasteiger partial charge < -0.3 is 44.5 Å². The van der Waals surface area contributed by atoms with Crippen LogP contribution in [0.1, 0.15) is 70.2 Å². The lowest BCUT2D eigenvalue weighted by molar-refractivity contribution is -0.275. The highest BCUT2D eigenvalue weighted by Crippen LogP contribution is 2.40. The minimum Gasteiger partial charge on any atom is -0.453 e. The predicted molar refractivity (Wildman–Crippen MR) is 230 cm³/mol. The Hall–Kier alpha value is -6.24. The van der Waals surface area contributed by atoms with E-state index in [4.69, 9.17) is 9.47 Å². The molecule has 19 heteroatoms. The molecule has 4 amide bonds. The first-order valence-corrected chi connectivity index (χ1v) is 20.9. The minimum absolute atomic E-state index is 0.0119. The molecule has 64 heavy (non-hydrogen) atoms. The number of amides is 4. The second-order valence-electron chi connectivity index (χ2n) is 17.4. The number of halogens is 4. The number of carbonyl (C=O) groups is 4. The van der Waals surface area contributed by atoms with Crippen molar-refractivity contribution < 1.29 is 51.0 Å². The van der Waals surface area contributed by atoms with E-state index in [2.05, 4.69) is 30.3 Å². The number of nitrogens with zero attached hydrogens (tertiary/aromatic N) is 5. The van der Waals surface area contributed by atoms with Gasteiger partial charge in [-0.15, -0.1) is 13.2 Å². The Morgan fingerprint density at radius 2 is 1.62 bits per heavy atom. The van der Waals surface area contributed by atoms with Crippen LogP contribution in [0.5, 0.6) is 5.75 Å². The van der Waals surface area contributed by atoms with Crippen LogP contribution in [0.15, 0.2) is 60.9 Å². The van der Waals surface area contributed by atoms with E-state index in [1.165, 1.54) is 31.5 Å². The fraction of sp³-hybridized carbons (Fsp3) is 0.467. The second-order valence-corrected chi connectivity index (χ2v) is 17.4. The van der Waals surface area contributed by atoms with Gasteiger partial charge in [-0.2, -0.15) is 0 Å². The SMILES string of the molecule is COC[C@H]1C[C@@H](c2ncc(-c3ccc(-c4ccc(C(=O)Nc5ccc(N6CCN(C(=O)C(C)(C)C)C[C@H]6C)nc5)c(F)c4OC(F)(F)F)cc3)[nH]2)N(C(=O)[C@@H](NC(=O)OC)C(C)C)C1. The first-order valence-electron chi connectivity index (χ1n) is 20.9. The van der Waals surface area contributed by atoms with Gasteiger partial charge in [0.1, 0.15) is 17.7 Å². The minimum atomic E-state index is -5.29. The number of pyridine rings is 1. The monoisotopic (exact) mass is 894 g/mol. The number of imidazole rings is 1. The summed E-state index contributed by atoms with van der Waals surface area (Å²) in [4.78, 5) is 69.9. The van der Waals surface area contributed by atoms with Crippen LogP contribution >= 0.6 is 0 Å². The molecule has 2 fully saturated rings. The van der Waals surface area contributed by atoms with Gasteiger partial charge in [0.15, 0.2) is 11.6 Å². The molecule has 344 valence electrons. The molecule has 0 bridgehead atoms. The van der Waals surface area contributed by atoms with Crippen molar-refractivity contribution in [1.29, 1.82) is 0 Å². The van der Waals surface area contributed by atoms with Crippen LogP contribution in [0.2, 0.25) is 0 Å². The molecule has 4 heterocycles. The van der Waals surface area contributed by atoms with Crippen LogP contribution in [-0.4, -0.2) is 114 Å². The van der Waals surface area contributed by atoms with E-state index in [-0.39, 0.29) is 46.5 Å². The first kappa shape index (κ1) is 47.2. The summed E-state index contributed by atoms with van der Waals surface area (Å²) < 4.78 is 71.6. The van der Waals surface area contributed by atoms with Crippen LogP contribution in [-0.2, 0) is 19.1 Å². The second kappa shape index (κ2) is 19.2. The number of likely N-dealkylation sites (tertiary alicyclic amines) is 1. The number of hydrogen-bond donors (Lipinski definition) is 3. The number of H-pyrrole nitrogens is 1. The Bertz CT molecular complexity index is 2310. The largest absolute Gasteiger partial charge is 0.573 e. The topological polar surface area (TPSA) is 171 Å². The maximum absolute atomic E-state index is 16.0. The molecule has 4 aromatic rings. The summed E-state index contributed by atoms with van der Waals surface area (Å²) in [6, 6.07) is 10.3. The average Bonchev–Trinajstić information content (AvgIpc) is 3.91. The fourth-order valence-corrected chi connectivity index (χ4v) is 8.10. The van der Waals surface area contributed by atoms with Crippen LogP contribution in [0, 0.1) is 23.1 Å². The van der Waals surface area contributed by atoms with E-state index < -0.39 is 53.0 Å². The molecule has 2 aromatic heterocycles. The summed E-state index contributed by atoms with van der Waals surface area (Å²) in [5, 5.41) is 5.13. The smallest absolute Gasteiger partial charge is 0.453 e. The van der Waals surface area contributed by atoms with E-state index in [1.807, 2.05) is 51.3 Å². The van der Waals surface area contributed by atoms with Crippen molar-refractivity contribution in [3.05, 3.63) is 78.1 Å². The predicted octanol–water partition coefficient (Wildman–Crippen LogP) is 7.43. The number of nitrogens with one attached hydrogen (secondary N) is 3. The molecule has 2 aliphatic heterocycles. The molecule has 2 saturated heterocycles. The van der Waals surface area contributed by atoms with Crippen molar-refractivity contribution in [3.8, 4) is 28.1 Å². The normalized spacial score (nSPS) is 18.5. The summed E-state index contributed by atoms with van der Waals surface area (Å²) in [6.45, 7) is 13.5. The molecule has 3 N–H and O–H groups in total. The molecule has 0 aliphatic carbocycles. The number of carbonyl (C=O) groups excluding carboxylic acids is 4. The van der Waals surface area contributed by atoms with Gasteiger partial charge in [0, 0.05) is 56.2 Å². The fourth-order valence-electron chi connectivity index (χ4n) is 8.10. The molecule has 6 rings (SSSR count). The van der Waals surface area contributed by atoms with Crippen LogP contribution in [0.4, 0.5) is 33.9 Å². The Balaban J connectivity index is 1.18. The van der Waals surface area contributed by atoms with Crippen molar-refractivity contribution in [2.45, 2.75) is 72.5 Å². The van der Waals surface area contributed by atoms with E-state index in [0.717, 1.165) is 6.07 Å². The first-order chi connectivity index (χ1) is 30.2. The summed E-state index contributed by atoms with van der Waals surface area (Å²) in [7, 11) is 2.79. The van der Waals surface area contributed by atoms with Crippen molar-refractivity contribution >= 4 is 35.3 Å². The third-order valence-electron chi connectivity index (χ3n) is 11.3. The maximum atomic E-state index is 16.0. The molecule has 2 aromatic carbocycles. The van der Waals surface area contributed by atoms with Crippen molar-refractivity contribution in [1.82, 2.24) is 30.1 Å². The van der Waals surface area contributed by atoms with E-state index in [9.17, 15) is 32.3 Å². The number of rotatable bonds is 12. The zero-order valence-corrected chi connectivity index (χ0v) is 37.0. The molecular weight excluding hydrogens is 841 g/mol. The van der Waals surface area contributed by atoms with Crippen LogP contribution in [0.25, 0.3) is 22.4 Å². The number of alkyl carbamates (subject to hydrolysis) is 1. The number of alkyl halides is 3. The Morgan fingerprint density at radius 3 is 2.22 bits per heavy atom. The lowest BCUT2D eigenvalue weighted by Gasteiger charge is -2.42. The zero-order chi connectivity index (χ0) is 46.7. The molecule has 2 aliphatic rings. The van der Waals surface area contributed by atoms with E-state index in [1.54, 1.807) is 42.5 Å². The van der Waals surface area contributed by atoms with E-state index in [0.29, 0.717) is 62.1 Å². The molecule has 0 radical (unpaired) electrons. The molecule has 15 nitrogen and oxygen atoms in total. The number of hydrogen-bond acceptors (Lipinski definition) is 10. The number of aromatic amines is 1. The van der Waals surface area contributed by atoms with Gasteiger partial charge in [-0.3, -0.25) is 14.4 Å². The summed E-state index contributed by atoms with van der Waals surface area (Å²) in [6.07, 6.45) is -2.56. The summed E-state index contributed by atoms with van der Waals surface area (Å²) in [5.74, 6) is -3.15. The highest BCUT2D eigenvalue weighted by molar-refractivity contribution is 6.05. The standard InChI is InChI=1S/C45H54F4N8O7/c1-25(2)37(54-43(61)63-8)41(59)57-23-27(24-62-7)19-34(57)39-51-21-33(53-39)29-11-9-28(10-12-29)31-14-15-32(36(46)38(31)64-45(47,48)49)40(58)52-30-13-16-35(50-20-30)56-18-17-55(22-26(56)3)42(60)44(4,5)6/h9-16,20-21,25-27,34,37H,17-19,22-24H2,1-8H3,(H,51,53)(H,52,58)(H,54,61)/t26-,27+,34+,37+/m1/s1. The number of aromatic nitrogens is 3. The third kappa shape index (κ3) is 10.7. The Labute approximate surface area is 368 Å². The quantitative estimate of drug-likeness (QED) is 0.122. The zero-order valence-electron chi connectivity index (χ0n) is 37.0. The van der Waals surface area contributed by atoms with Gasteiger partial charge >= 0.3 is 12.5 Å². The molecular formula is C45H54F4N8O7. The highest BCUT2D eigenvalue weighted by Gasteiger charge is 2.42. The van der Waals surface area contributed by atoms with Gasteiger partial charge in [-0.25, -0.2) is 19.2 Å². The van der Waals surface area contributed by atoms with E-state index >= 15 is 4.39 Å². The molecule has 0 spiro atoms. The third-order valence-corrected chi connectivity index (χ3v) is 11.3. The lowest BCUT2D eigenvalue weighted by atomic mass is 9.94. The average molecular weight is 895 g/mol. The Morgan fingerprint density at radius 1 is 0.922 bits per heavy atom. The summed E-state index contributed by atoms with van der Waals surface area (Å²) >= 11 is 0. The van der Waals surface area contributed by atoms with Crippen molar-refractivity contribution in [2.24, 2.45) is 17.3 Å². The Kier molecular flexibility index (Phi) is 14.2. The van der Waals surface area contributed by atoms with Gasteiger partial charge in [0.25, 0.3) is 5.91 Å². The number of piperazine rings is 1. The number of ether oxygens (including phenoxy) is 3. The molecule has 4 atom stereocenters. The van der Waals surface area contributed by atoms with Gasteiger partial charge in [-0.05, 0) is 54.7 Å². The van der Waals surface area contributed by atoms with Crippen molar-refractivity contribution in [2.75, 3.05) is 57.2 Å². The lowest BCUT2D eigenvalue weighted by Crippen LogP contribution is -2.56. The van der Waals surface area contributed by atoms with Crippen LogP contribution < -0.4 is 20.3 Å².